The van der Waals surface area contributed by atoms with Crippen molar-refractivity contribution in [1.29, 1.82) is 0 Å². The van der Waals surface area contributed by atoms with E-state index in [-0.39, 0.29) is 6.04 Å². The Balaban J connectivity index is 2.61. The first kappa shape index (κ1) is 15.6. The molecule has 0 spiro atoms. The first-order chi connectivity index (χ1) is 8.34. The molecule has 5 nitrogen and oxygen atoms in total. The van der Waals surface area contributed by atoms with Crippen molar-refractivity contribution in [2.45, 2.75) is 38.6 Å². The summed E-state index contributed by atoms with van der Waals surface area (Å²) in [5, 5.41) is 4.57. The number of nitrogens with one attached hydrogen (secondary N) is 1. The van der Waals surface area contributed by atoms with Crippen molar-refractivity contribution in [1.82, 2.24) is 14.6 Å². The Morgan fingerprint density at radius 2 is 2.11 bits per heavy atom. The summed E-state index contributed by atoms with van der Waals surface area (Å²) in [7, 11) is -1.68. The normalized spacial score (nSPS) is 14.3. The van der Waals surface area contributed by atoms with Crippen LogP contribution in [0.1, 0.15) is 26.5 Å². The maximum absolute atomic E-state index is 12.2. The predicted molar refractivity (Wildman–Crippen MR) is 75.1 cm³/mol. The lowest BCUT2D eigenvalue weighted by atomic mass is 10.3. The van der Waals surface area contributed by atoms with Crippen LogP contribution in [-0.2, 0) is 16.6 Å². The van der Waals surface area contributed by atoms with E-state index in [2.05, 4.69) is 10.3 Å². The molecule has 0 amide bonds. The molecular formula is C11H21N3O2S2. The molecule has 0 aliphatic carbocycles. The van der Waals surface area contributed by atoms with Crippen LogP contribution >= 0.6 is 11.3 Å². The highest BCUT2D eigenvalue weighted by molar-refractivity contribution is 7.89. The monoisotopic (exact) mass is 291 g/mol. The van der Waals surface area contributed by atoms with Gasteiger partial charge in [-0.25, -0.2) is 13.4 Å². The molecule has 1 heterocycles. The molecular weight excluding hydrogens is 270 g/mol. The van der Waals surface area contributed by atoms with Gasteiger partial charge in [0.2, 0.25) is 10.0 Å². The largest absolute Gasteiger partial charge is 0.313 e. The van der Waals surface area contributed by atoms with Crippen LogP contribution in [0.3, 0.4) is 0 Å². The number of hydrogen-bond donors (Lipinski definition) is 1. The fraction of sp³-hybridized carbons (Fsp3) is 0.727. The Morgan fingerprint density at radius 1 is 1.44 bits per heavy atom. The average molecular weight is 291 g/mol. The van der Waals surface area contributed by atoms with Crippen LogP contribution < -0.4 is 5.32 Å². The Kier molecular flexibility index (Phi) is 5.71. The van der Waals surface area contributed by atoms with Crippen LogP contribution in [0.4, 0.5) is 0 Å². The smallest absolute Gasteiger partial charge is 0.218 e. The number of sulfonamides is 1. The summed E-state index contributed by atoms with van der Waals surface area (Å²) in [6, 6.07) is 0.284. The molecule has 0 aliphatic heterocycles. The fourth-order valence-corrected chi connectivity index (χ4v) is 3.23. The number of nitrogens with zero attached hydrogens (tertiary/aromatic N) is 2. The quantitative estimate of drug-likeness (QED) is 0.822. The van der Waals surface area contributed by atoms with Gasteiger partial charge in [-0.2, -0.15) is 4.31 Å². The summed E-state index contributed by atoms with van der Waals surface area (Å²) in [5.74, 6) is 0. The fourth-order valence-electron chi connectivity index (χ4n) is 1.45. The number of thiazole rings is 1. The van der Waals surface area contributed by atoms with Crippen molar-refractivity contribution in [2.24, 2.45) is 0 Å². The molecule has 0 fully saturated rings. The standard InChI is InChI=1S/C11H21N3O2S2/c1-9(2)12-5-10(3)18(15,16)14(4)6-11-7-17-8-13-11/h7-10,12H,5-6H2,1-4H3. The van der Waals surface area contributed by atoms with Gasteiger partial charge in [-0.3, -0.25) is 0 Å². The second-order valence-corrected chi connectivity index (χ2v) is 7.83. The Morgan fingerprint density at radius 3 is 2.61 bits per heavy atom. The zero-order chi connectivity index (χ0) is 13.8. The van der Waals surface area contributed by atoms with Gasteiger partial charge >= 0.3 is 0 Å². The molecule has 1 atom stereocenters. The molecule has 7 heteroatoms. The van der Waals surface area contributed by atoms with E-state index >= 15 is 0 Å². The third-order valence-electron chi connectivity index (χ3n) is 2.62. The van der Waals surface area contributed by atoms with Crippen LogP contribution in [0.2, 0.25) is 0 Å². The van der Waals surface area contributed by atoms with Crippen molar-refractivity contribution in [2.75, 3.05) is 13.6 Å². The highest BCUT2D eigenvalue weighted by Crippen LogP contribution is 2.11. The number of hydrogen-bond acceptors (Lipinski definition) is 5. The van der Waals surface area contributed by atoms with Crippen molar-refractivity contribution in [3.05, 3.63) is 16.6 Å². The van der Waals surface area contributed by atoms with E-state index in [1.54, 1.807) is 19.5 Å². The van der Waals surface area contributed by atoms with E-state index < -0.39 is 15.3 Å². The van der Waals surface area contributed by atoms with Gasteiger partial charge in [0, 0.05) is 25.0 Å². The summed E-state index contributed by atoms with van der Waals surface area (Å²) in [6.07, 6.45) is 0. The molecule has 1 aromatic heterocycles. The van der Waals surface area contributed by atoms with Gasteiger partial charge in [0.1, 0.15) is 0 Å². The third-order valence-corrected chi connectivity index (χ3v) is 5.44. The Labute approximate surface area is 113 Å². The van der Waals surface area contributed by atoms with Crippen LogP contribution in [0.5, 0.6) is 0 Å². The SMILES string of the molecule is CC(C)NCC(C)S(=O)(=O)N(C)Cc1cscn1. The van der Waals surface area contributed by atoms with Crippen LogP contribution in [-0.4, -0.2) is 42.6 Å². The van der Waals surface area contributed by atoms with Gasteiger partial charge in [0.25, 0.3) is 0 Å². The van der Waals surface area contributed by atoms with Gasteiger partial charge in [0.05, 0.1) is 23.0 Å². The van der Waals surface area contributed by atoms with Crippen molar-refractivity contribution < 1.29 is 8.42 Å². The van der Waals surface area contributed by atoms with Gasteiger partial charge in [-0.05, 0) is 6.92 Å². The van der Waals surface area contributed by atoms with Crippen molar-refractivity contribution in [3.63, 3.8) is 0 Å². The molecule has 0 bridgehead atoms. The van der Waals surface area contributed by atoms with Crippen LogP contribution in [0, 0.1) is 0 Å². The van der Waals surface area contributed by atoms with E-state index in [0.29, 0.717) is 13.1 Å². The van der Waals surface area contributed by atoms with E-state index in [1.165, 1.54) is 15.6 Å². The lowest BCUT2D eigenvalue weighted by Gasteiger charge is -2.22. The zero-order valence-corrected chi connectivity index (χ0v) is 12.9. The first-order valence-corrected chi connectivity index (χ1v) is 8.34. The highest BCUT2D eigenvalue weighted by Gasteiger charge is 2.26. The van der Waals surface area contributed by atoms with E-state index in [1.807, 2.05) is 19.2 Å². The molecule has 1 unspecified atom stereocenters. The van der Waals surface area contributed by atoms with Gasteiger partial charge in [0.15, 0.2) is 0 Å². The predicted octanol–water partition coefficient (Wildman–Crippen LogP) is 1.29. The summed E-state index contributed by atoms with van der Waals surface area (Å²) in [5.41, 5.74) is 2.50. The lowest BCUT2D eigenvalue weighted by molar-refractivity contribution is 0.447. The number of rotatable bonds is 7. The molecule has 0 saturated heterocycles. The molecule has 1 N–H and O–H groups in total. The minimum atomic E-state index is -3.28. The van der Waals surface area contributed by atoms with Gasteiger partial charge in [-0.1, -0.05) is 13.8 Å². The maximum atomic E-state index is 12.2. The van der Waals surface area contributed by atoms with E-state index in [4.69, 9.17) is 0 Å². The molecule has 18 heavy (non-hydrogen) atoms. The summed E-state index contributed by atoms with van der Waals surface area (Å²) in [4.78, 5) is 4.10. The van der Waals surface area contributed by atoms with Gasteiger partial charge < -0.3 is 5.32 Å². The summed E-state index contributed by atoms with van der Waals surface area (Å²) in [6.45, 7) is 6.51. The number of aromatic nitrogens is 1. The zero-order valence-electron chi connectivity index (χ0n) is 11.3. The topological polar surface area (TPSA) is 62.3 Å². The third kappa shape index (κ3) is 4.31. The molecule has 1 rings (SSSR count). The molecule has 0 aliphatic rings. The first-order valence-electron chi connectivity index (χ1n) is 5.89. The molecule has 0 aromatic carbocycles. The van der Waals surface area contributed by atoms with Crippen LogP contribution in [0.25, 0.3) is 0 Å². The molecule has 1 aromatic rings. The average Bonchev–Trinajstić information content (AvgIpc) is 2.78. The Hall–Kier alpha value is -0.500. The summed E-state index contributed by atoms with van der Waals surface area (Å²) >= 11 is 1.47. The van der Waals surface area contributed by atoms with Crippen LogP contribution in [0.15, 0.2) is 10.9 Å². The van der Waals surface area contributed by atoms with Gasteiger partial charge in [-0.15, -0.1) is 11.3 Å². The van der Waals surface area contributed by atoms with Crippen molar-refractivity contribution in [3.8, 4) is 0 Å². The second-order valence-electron chi connectivity index (χ2n) is 4.65. The molecule has 0 radical (unpaired) electrons. The molecule has 0 saturated carbocycles. The Bertz CT molecular complexity index is 443. The second kappa shape index (κ2) is 6.60. The maximum Gasteiger partial charge on any atom is 0.218 e. The van der Waals surface area contributed by atoms with Crippen molar-refractivity contribution >= 4 is 21.4 Å². The van der Waals surface area contributed by atoms with E-state index in [0.717, 1.165) is 5.69 Å². The lowest BCUT2D eigenvalue weighted by Crippen LogP contribution is -2.41. The van der Waals surface area contributed by atoms with E-state index in [9.17, 15) is 8.42 Å². The minimum absolute atomic E-state index is 0.284. The molecule has 104 valence electrons. The minimum Gasteiger partial charge on any atom is -0.313 e. The highest BCUT2D eigenvalue weighted by atomic mass is 32.2. The summed E-state index contributed by atoms with van der Waals surface area (Å²) < 4.78 is 25.8.